The molecule has 1 heterocycles. The fourth-order valence-corrected chi connectivity index (χ4v) is 3.32. The number of hydrogen-bond donors (Lipinski definition) is 1. The molecule has 1 amide bonds. The van der Waals surface area contributed by atoms with Crippen LogP contribution in [0.5, 0.6) is 0 Å². The number of nitrogens with two attached hydrogens (primary N) is 1. The van der Waals surface area contributed by atoms with E-state index in [1.165, 1.54) is 11.3 Å². The van der Waals surface area contributed by atoms with Gasteiger partial charge in [-0.15, -0.1) is 11.3 Å². The van der Waals surface area contributed by atoms with E-state index in [1.54, 1.807) is 11.0 Å². The molecule has 6 heteroatoms. The monoisotopic (exact) mass is 328 g/mol. The van der Waals surface area contributed by atoms with Gasteiger partial charge in [0.1, 0.15) is 4.34 Å². The van der Waals surface area contributed by atoms with E-state index < -0.39 is 0 Å². The maximum absolute atomic E-state index is 12.5. The van der Waals surface area contributed by atoms with Gasteiger partial charge in [-0.25, -0.2) is 0 Å². The highest BCUT2D eigenvalue weighted by Gasteiger charge is 2.20. The molecule has 0 atom stereocenters. The lowest BCUT2D eigenvalue weighted by Crippen LogP contribution is -2.34. The maximum Gasteiger partial charge on any atom is 0.256 e. The summed E-state index contributed by atoms with van der Waals surface area (Å²) in [5.41, 5.74) is 7.08. The average Bonchev–Trinajstić information content (AvgIpc) is 2.77. The number of nitrogens with zero attached hydrogens (tertiary/aromatic N) is 1. The van der Waals surface area contributed by atoms with Crippen LogP contribution in [0.2, 0.25) is 8.67 Å². The molecule has 0 aliphatic rings. The highest BCUT2D eigenvalue weighted by Crippen LogP contribution is 2.32. The highest BCUT2D eigenvalue weighted by atomic mass is 35.5. The second kappa shape index (κ2) is 7.09. The average molecular weight is 329 g/mol. The van der Waals surface area contributed by atoms with Crippen molar-refractivity contribution in [2.45, 2.75) is 6.54 Å². The summed E-state index contributed by atoms with van der Waals surface area (Å²) in [5, 5.41) is 0. The van der Waals surface area contributed by atoms with Crippen molar-refractivity contribution in [1.82, 2.24) is 4.90 Å². The molecule has 2 rings (SSSR count). The van der Waals surface area contributed by atoms with Gasteiger partial charge in [-0.05, 0) is 11.6 Å². The second-order valence-corrected chi connectivity index (χ2v) is 6.52. The third kappa shape index (κ3) is 3.73. The summed E-state index contributed by atoms with van der Waals surface area (Å²) >= 11 is 13.1. The van der Waals surface area contributed by atoms with Crippen LogP contribution >= 0.6 is 34.5 Å². The largest absolute Gasteiger partial charge is 0.333 e. The minimum absolute atomic E-state index is 0.146. The SMILES string of the molecule is NCCN(Cc1ccccc1)C(=O)c1cc(Cl)sc1Cl. The molecule has 106 valence electrons. The Morgan fingerprint density at radius 3 is 2.50 bits per heavy atom. The van der Waals surface area contributed by atoms with Crippen LogP contribution in [0.15, 0.2) is 36.4 Å². The molecule has 0 spiro atoms. The van der Waals surface area contributed by atoms with Gasteiger partial charge in [0.25, 0.3) is 5.91 Å². The lowest BCUT2D eigenvalue weighted by Gasteiger charge is -2.22. The van der Waals surface area contributed by atoms with Gasteiger partial charge in [-0.1, -0.05) is 53.5 Å². The zero-order valence-electron chi connectivity index (χ0n) is 10.7. The molecule has 0 fully saturated rings. The molecule has 2 aromatic rings. The zero-order valence-corrected chi connectivity index (χ0v) is 13.0. The molecule has 0 aliphatic heterocycles. The number of hydrogen-bond acceptors (Lipinski definition) is 3. The summed E-state index contributed by atoms with van der Waals surface area (Å²) in [4.78, 5) is 14.2. The highest BCUT2D eigenvalue weighted by molar-refractivity contribution is 7.20. The van der Waals surface area contributed by atoms with Crippen LogP contribution in [0.3, 0.4) is 0 Å². The van der Waals surface area contributed by atoms with E-state index in [0.717, 1.165) is 5.56 Å². The van der Waals surface area contributed by atoms with E-state index in [-0.39, 0.29) is 5.91 Å². The van der Waals surface area contributed by atoms with E-state index in [9.17, 15) is 4.79 Å². The Bertz CT molecular complexity index is 586. The van der Waals surface area contributed by atoms with E-state index in [1.807, 2.05) is 30.3 Å². The molecular formula is C14H14Cl2N2OS. The van der Waals surface area contributed by atoms with Gasteiger partial charge < -0.3 is 10.6 Å². The number of thiophene rings is 1. The first-order valence-electron chi connectivity index (χ1n) is 6.10. The van der Waals surface area contributed by atoms with Crippen molar-refractivity contribution >= 4 is 40.4 Å². The number of carbonyl (C=O) groups excluding carboxylic acids is 1. The van der Waals surface area contributed by atoms with Crippen LogP contribution < -0.4 is 5.73 Å². The number of carbonyl (C=O) groups is 1. The molecule has 0 aliphatic carbocycles. The van der Waals surface area contributed by atoms with Gasteiger partial charge in [0.05, 0.1) is 9.90 Å². The molecule has 3 nitrogen and oxygen atoms in total. The van der Waals surface area contributed by atoms with Crippen molar-refractivity contribution in [3.8, 4) is 0 Å². The Balaban J connectivity index is 2.20. The van der Waals surface area contributed by atoms with Gasteiger partial charge in [0, 0.05) is 19.6 Å². The van der Waals surface area contributed by atoms with Gasteiger partial charge >= 0.3 is 0 Å². The predicted octanol–water partition coefficient (Wildman–Crippen LogP) is 3.66. The molecule has 0 radical (unpaired) electrons. The van der Waals surface area contributed by atoms with Crippen LogP contribution in [0.1, 0.15) is 15.9 Å². The molecule has 1 aromatic carbocycles. The smallest absolute Gasteiger partial charge is 0.256 e. The summed E-state index contributed by atoms with van der Waals surface area (Å²) in [5.74, 6) is -0.146. The summed E-state index contributed by atoms with van der Waals surface area (Å²) in [7, 11) is 0. The third-order valence-electron chi connectivity index (χ3n) is 2.79. The first kappa shape index (κ1) is 15.3. The first-order chi connectivity index (χ1) is 9.61. The molecule has 2 N–H and O–H groups in total. The third-order valence-corrected chi connectivity index (χ3v) is 4.28. The Hall–Kier alpha value is -1.07. The summed E-state index contributed by atoms with van der Waals surface area (Å²) in [6, 6.07) is 11.4. The number of benzene rings is 1. The van der Waals surface area contributed by atoms with Crippen LogP contribution in [0.25, 0.3) is 0 Å². The van der Waals surface area contributed by atoms with Crippen molar-refractivity contribution in [3.63, 3.8) is 0 Å². The summed E-state index contributed by atoms with van der Waals surface area (Å²) in [6.45, 7) is 1.37. The van der Waals surface area contributed by atoms with Gasteiger partial charge in [0.15, 0.2) is 0 Å². The summed E-state index contributed by atoms with van der Waals surface area (Å²) in [6.07, 6.45) is 0. The van der Waals surface area contributed by atoms with Crippen molar-refractivity contribution in [2.24, 2.45) is 5.73 Å². The fraction of sp³-hybridized carbons (Fsp3) is 0.214. The Labute approximate surface area is 131 Å². The van der Waals surface area contributed by atoms with Crippen LogP contribution in [0.4, 0.5) is 0 Å². The number of rotatable bonds is 5. The predicted molar refractivity (Wildman–Crippen MR) is 84.6 cm³/mol. The molecule has 0 bridgehead atoms. The normalized spacial score (nSPS) is 10.6. The van der Waals surface area contributed by atoms with Crippen LogP contribution in [0, 0.1) is 0 Å². The second-order valence-electron chi connectivity index (χ2n) is 4.24. The topological polar surface area (TPSA) is 46.3 Å². The lowest BCUT2D eigenvalue weighted by atomic mass is 10.2. The summed E-state index contributed by atoms with van der Waals surface area (Å²) < 4.78 is 0.917. The lowest BCUT2D eigenvalue weighted by molar-refractivity contribution is 0.0749. The van der Waals surface area contributed by atoms with Gasteiger partial charge in [0.2, 0.25) is 0 Å². The molecular weight excluding hydrogens is 315 g/mol. The Morgan fingerprint density at radius 1 is 1.25 bits per heavy atom. The molecule has 0 unspecified atom stereocenters. The maximum atomic E-state index is 12.5. The molecule has 0 saturated heterocycles. The minimum Gasteiger partial charge on any atom is -0.333 e. The van der Waals surface area contributed by atoms with E-state index in [0.29, 0.717) is 33.9 Å². The number of halogens is 2. The van der Waals surface area contributed by atoms with Crippen molar-refractivity contribution < 1.29 is 4.79 Å². The standard InChI is InChI=1S/C14H14Cl2N2OS/c15-12-8-11(13(16)20-12)14(19)18(7-6-17)9-10-4-2-1-3-5-10/h1-5,8H,6-7,9,17H2. The van der Waals surface area contributed by atoms with Gasteiger partial charge in [-0.3, -0.25) is 4.79 Å². The Morgan fingerprint density at radius 2 is 1.95 bits per heavy atom. The molecule has 0 saturated carbocycles. The van der Waals surface area contributed by atoms with Crippen LogP contribution in [-0.2, 0) is 6.54 Å². The first-order valence-corrected chi connectivity index (χ1v) is 7.67. The minimum atomic E-state index is -0.146. The quantitative estimate of drug-likeness (QED) is 0.910. The fourth-order valence-electron chi connectivity index (χ4n) is 1.87. The number of amides is 1. The van der Waals surface area contributed by atoms with E-state index >= 15 is 0 Å². The van der Waals surface area contributed by atoms with Crippen molar-refractivity contribution in [3.05, 3.63) is 56.2 Å². The van der Waals surface area contributed by atoms with Gasteiger partial charge in [-0.2, -0.15) is 0 Å². The van der Waals surface area contributed by atoms with Crippen molar-refractivity contribution in [1.29, 1.82) is 0 Å². The molecule has 1 aromatic heterocycles. The molecule has 20 heavy (non-hydrogen) atoms. The van der Waals surface area contributed by atoms with Crippen LogP contribution in [-0.4, -0.2) is 23.9 Å². The van der Waals surface area contributed by atoms with Crippen molar-refractivity contribution in [2.75, 3.05) is 13.1 Å². The van der Waals surface area contributed by atoms with E-state index in [4.69, 9.17) is 28.9 Å². The van der Waals surface area contributed by atoms with E-state index in [2.05, 4.69) is 0 Å². The Kier molecular flexibility index (Phi) is 5.43. The zero-order chi connectivity index (χ0) is 14.5.